The molecule has 1 spiro atoms. The second kappa shape index (κ2) is 6.88. The molecule has 26 heavy (non-hydrogen) atoms. The van der Waals surface area contributed by atoms with Gasteiger partial charge in [-0.2, -0.15) is 0 Å². The van der Waals surface area contributed by atoms with Crippen LogP contribution in [0.5, 0.6) is 0 Å². The summed E-state index contributed by atoms with van der Waals surface area (Å²) in [6.07, 6.45) is 3.19. The van der Waals surface area contributed by atoms with E-state index in [1.54, 1.807) is 0 Å². The molecule has 140 valence electrons. The molecular formula is C19H25N3O3S. The maximum Gasteiger partial charge on any atom is 0.208 e. The van der Waals surface area contributed by atoms with Crippen LogP contribution in [0.3, 0.4) is 0 Å². The van der Waals surface area contributed by atoms with Gasteiger partial charge in [-0.1, -0.05) is 24.3 Å². The molecule has 1 N–H and O–H groups in total. The Morgan fingerprint density at radius 3 is 2.81 bits per heavy atom. The Kier molecular flexibility index (Phi) is 4.73. The number of aromatic nitrogens is 1. The van der Waals surface area contributed by atoms with Gasteiger partial charge in [0.25, 0.3) is 0 Å². The Morgan fingerprint density at radius 2 is 2.08 bits per heavy atom. The molecule has 2 fully saturated rings. The first-order valence-corrected chi connectivity index (χ1v) is 11.0. The van der Waals surface area contributed by atoms with Crippen LogP contribution >= 0.6 is 0 Å². The van der Waals surface area contributed by atoms with Crippen molar-refractivity contribution in [3.63, 3.8) is 0 Å². The van der Waals surface area contributed by atoms with Crippen molar-refractivity contribution < 1.29 is 13.2 Å². The average molecular weight is 375 g/mol. The van der Waals surface area contributed by atoms with E-state index in [0.29, 0.717) is 13.2 Å². The number of ether oxygens (including phenoxy) is 1. The quantitative estimate of drug-likeness (QED) is 0.862. The lowest BCUT2D eigenvalue weighted by Crippen LogP contribution is -2.64. The van der Waals surface area contributed by atoms with Gasteiger partial charge in [-0.3, -0.25) is 9.88 Å². The van der Waals surface area contributed by atoms with Crippen molar-refractivity contribution in [2.24, 2.45) is 5.92 Å². The zero-order valence-corrected chi connectivity index (χ0v) is 15.8. The number of pyridine rings is 1. The first-order valence-electron chi connectivity index (χ1n) is 9.06. The normalized spacial score (nSPS) is 23.2. The second-order valence-electron chi connectivity index (χ2n) is 7.66. The second-order valence-corrected chi connectivity index (χ2v) is 9.49. The summed E-state index contributed by atoms with van der Waals surface area (Å²) in [5.74, 6) is 0.270. The lowest BCUT2D eigenvalue weighted by molar-refractivity contribution is -0.181. The van der Waals surface area contributed by atoms with E-state index in [-0.39, 0.29) is 11.5 Å². The van der Waals surface area contributed by atoms with Crippen molar-refractivity contribution in [3.8, 4) is 0 Å². The van der Waals surface area contributed by atoms with Crippen LogP contribution in [0.4, 0.5) is 0 Å². The van der Waals surface area contributed by atoms with Crippen LogP contribution in [0.2, 0.25) is 0 Å². The van der Waals surface area contributed by atoms with Gasteiger partial charge in [0.2, 0.25) is 10.0 Å². The molecule has 6 nitrogen and oxygen atoms in total. The molecule has 4 rings (SSSR count). The molecule has 2 aliphatic heterocycles. The molecule has 0 aliphatic carbocycles. The molecule has 0 saturated carbocycles. The molecule has 1 aromatic heterocycles. The minimum absolute atomic E-state index is 0.0432. The van der Waals surface area contributed by atoms with Gasteiger partial charge >= 0.3 is 0 Å². The minimum Gasteiger partial charge on any atom is -0.372 e. The summed E-state index contributed by atoms with van der Waals surface area (Å²) >= 11 is 0. The van der Waals surface area contributed by atoms with Crippen molar-refractivity contribution in [3.05, 3.63) is 42.1 Å². The van der Waals surface area contributed by atoms with Gasteiger partial charge < -0.3 is 4.74 Å². The fourth-order valence-electron chi connectivity index (χ4n) is 3.90. The van der Waals surface area contributed by atoms with Crippen molar-refractivity contribution in [1.82, 2.24) is 14.6 Å². The molecule has 7 heteroatoms. The number of nitrogens with one attached hydrogen (secondary N) is 1. The van der Waals surface area contributed by atoms with Crippen LogP contribution in [0.25, 0.3) is 10.9 Å². The first-order chi connectivity index (χ1) is 12.4. The molecule has 2 aromatic rings. The van der Waals surface area contributed by atoms with Crippen molar-refractivity contribution in [1.29, 1.82) is 0 Å². The summed E-state index contributed by atoms with van der Waals surface area (Å²) in [6.45, 7) is 3.79. The van der Waals surface area contributed by atoms with E-state index in [4.69, 9.17) is 9.72 Å². The molecule has 2 saturated heterocycles. The van der Waals surface area contributed by atoms with E-state index in [2.05, 4.69) is 27.8 Å². The molecule has 0 amide bonds. The monoisotopic (exact) mass is 375 g/mol. The highest BCUT2D eigenvalue weighted by atomic mass is 32.2. The molecule has 0 unspecified atom stereocenters. The third-order valence-electron chi connectivity index (χ3n) is 5.33. The number of para-hydroxylation sites is 1. The summed E-state index contributed by atoms with van der Waals surface area (Å²) < 4.78 is 31.1. The Balaban J connectivity index is 1.27. The van der Waals surface area contributed by atoms with Crippen LogP contribution < -0.4 is 4.72 Å². The Labute approximate surface area is 154 Å². The molecule has 1 atom stereocenters. The van der Waals surface area contributed by atoms with Crippen molar-refractivity contribution in [2.45, 2.75) is 25.0 Å². The van der Waals surface area contributed by atoms with Crippen LogP contribution in [0.15, 0.2) is 36.4 Å². The van der Waals surface area contributed by atoms with Crippen LogP contribution in [-0.2, 0) is 21.3 Å². The van der Waals surface area contributed by atoms with Gasteiger partial charge in [0.05, 0.1) is 29.7 Å². The van der Waals surface area contributed by atoms with Crippen LogP contribution in [0, 0.1) is 5.92 Å². The predicted molar refractivity (Wildman–Crippen MR) is 101 cm³/mol. The van der Waals surface area contributed by atoms with Crippen LogP contribution in [-0.4, -0.2) is 56.4 Å². The van der Waals surface area contributed by atoms with E-state index in [1.165, 1.54) is 11.6 Å². The minimum atomic E-state index is -3.12. The molecule has 3 heterocycles. The van der Waals surface area contributed by atoms with E-state index in [1.807, 2.05) is 18.2 Å². The van der Waals surface area contributed by atoms with E-state index in [9.17, 15) is 8.42 Å². The molecule has 2 aliphatic rings. The van der Waals surface area contributed by atoms with Crippen LogP contribution in [0.1, 0.15) is 18.5 Å². The van der Waals surface area contributed by atoms with Crippen molar-refractivity contribution >= 4 is 20.9 Å². The lowest BCUT2D eigenvalue weighted by atomic mass is 9.83. The summed E-state index contributed by atoms with van der Waals surface area (Å²) in [5, 5.41) is 1.17. The van der Waals surface area contributed by atoms with Gasteiger partial charge in [0, 0.05) is 31.6 Å². The van der Waals surface area contributed by atoms with E-state index >= 15 is 0 Å². The van der Waals surface area contributed by atoms with Gasteiger partial charge in [0.1, 0.15) is 0 Å². The Bertz CT molecular complexity index is 884. The van der Waals surface area contributed by atoms with Gasteiger partial charge in [-0.05, 0) is 30.9 Å². The molecular weight excluding hydrogens is 350 g/mol. The summed E-state index contributed by atoms with van der Waals surface area (Å²) in [4.78, 5) is 7.11. The fraction of sp³-hybridized carbons (Fsp3) is 0.526. The van der Waals surface area contributed by atoms with Gasteiger partial charge in [-0.15, -0.1) is 0 Å². The number of rotatable bonds is 5. The highest BCUT2D eigenvalue weighted by Gasteiger charge is 2.46. The molecule has 1 aromatic carbocycles. The first kappa shape index (κ1) is 17.9. The lowest BCUT2D eigenvalue weighted by Gasteiger charge is -2.52. The number of benzene rings is 1. The summed E-state index contributed by atoms with van der Waals surface area (Å²) in [6, 6.07) is 12.4. The number of likely N-dealkylation sites (tertiary alicyclic amines) is 1. The smallest absolute Gasteiger partial charge is 0.208 e. The predicted octanol–water partition coefficient (Wildman–Crippen LogP) is 1.76. The number of hydrogen-bond acceptors (Lipinski definition) is 5. The number of nitrogens with zero attached hydrogens (tertiary/aromatic N) is 2. The van der Waals surface area contributed by atoms with Gasteiger partial charge in [0.15, 0.2) is 0 Å². The topological polar surface area (TPSA) is 71.5 Å². The zero-order chi connectivity index (χ0) is 18.2. The maximum absolute atomic E-state index is 11.2. The number of fused-ring (bicyclic) bond motifs is 1. The van der Waals surface area contributed by atoms with Gasteiger partial charge in [-0.25, -0.2) is 13.1 Å². The maximum atomic E-state index is 11.2. The Morgan fingerprint density at radius 1 is 1.27 bits per heavy atom. The Hall–Kier alpha value is -1.54. The summed E-state index contributed by atoms with van der Waals surface area (Å²) in [7, 11) is -3.12. The highest BCUT2D eigenvalue weighted by molar-refractivity contribution is 7.88. The average Bonchev–Trinajstić information content (AvgIpc) is 2.59. The van der Waals surface area contributed by atoms with E-state index < -0.39 is 10.0 Å². The third-order valence-corrected chi connectivity index (χ3v) is 6.02. The van der Waals surface area contributed by atoms with E-state index in [0.717, 1.165) is 43.7 Å². The number of sulfonamides is 1. The molecule has 0 radical (unpaired) electrons. The number of hydrogen-bond donors (Lipinski definition) is 1. The fourth-order valence-corrected chi connectivity index (χ4v) is 4.44. The standard InChI is InChI=1S/C19H25N3O3S/c1-26(23,24)20-10-15-8-9-19(25-12-15)13-22(14-19)11-17-7-6-16-4-2-3-5-18(16)21-17/h2-7,15,20H,8-14H2,1H3/t15-/m0/s1. The SMILES string of the molecule is CS(=O)(=O)NC[C@@H]1CCC2(CN(Cc3ccc4ccccc4n3)C2)OC1. The third kappa shape index (κ3) is 4.06. The largest absolute Gasteiger partial charge is 0.372 e. The van der Waals surface area contributed by atoms with Crippen molar-refractivity contribution in [2.75, 3.05) is 32.5 Å². The zero-order valence-electron chi connectivity index (χ0n) is 15.0. The highest BCUT2D eigenvalue weighted by Crippen LogP contribution is 2.36. The molecule has 0 bridgehead atoms. The summed E-state index contributed by atoms with van der Waals surface area (Å²) in [5.41, 5.74) is 2.08.